The van der Waals surface area contributed by atoms with Gasteiger partial charge < -0.3 is 14.6 Å². The molecule has 2 aliphatic rings. The number of alkyl halides is 3. The monoisotopic (exact) mass is 518 g/mol. The summed E-state index contributed by atoms with van der Waals surface area (Å²) in [4.78, 5) is 26.7. The largest absolute Gasteiger partial charge is 0.497 e. The molecule has 0 radical (unpaired) electrons. The van der Waals surface area contributed by atoms with Crippen molar-refractivity contribution in [2.45, 2.75) is 70.0 Å². The number of nitrogens with zero attached hydrogens (tertiary/aromatic N) is 3. The Labute approximate surface area is 211 Å². The van der Waals surface area contributed by atoms with Crippen LogP contribution in [0.15, 0.2) is 27.5 Å². The van der Waals surface area contributed by atoms with Gasteiger partial charge in [-0.15, -0.1) is 0 Å². The normalized spacial score (nSPS) is 16.7. The van der Waals surface area contributed by atoms with Crippen molar-refractivity contribution in [3.05, 3.63) is 51.1 Å². The molecule has 2 aromatic heterocycles. The van der Waals surface area contributed by atoms with Gasteiger partial charge in [0.1, 0.15) is 11.4 Å². The Morgan fingerprint density at radius 3 is 2.49 bits per heavy atom. The zero-order chi connectivity index (χ0) is 26.5. The number of hydrogen-bond donors (Lipinski definition) is 1. The molecule has 2 saturated carbocycles. The van der Waals surface area contributed by atoms with E-state index in [1.54, 1.807) is 23.3 Å². The van der Waals surface area contributed by atoms with Crippen molar-refractivity contribution >= 4 is 11.6 Å². The van der Waals surface area contributed by atoms with E-state index < -0.39 is 17.6 Å². The smallest absolute Gasteiger partial charge is 0.417 e. The highest BCUT2D eigenvalue weighted by Gasteiger charge is 2.40. The van der Waals surface area contributed by atoms with Gasteiger partial charge in [0.05, 0.1) is 24.4 Å². The van der Waals surface area contributed by atoms with Crippen LogP contribution in [0.3, 0.4) is 0 Å². The number of benzene rings is 1. The first-order valence-corrected chi connectivity index (χ1v) is 12.5. The summed E-state index contributed by atoms with van der Waals surface area (Å²) in [5, 5.41) is 6.58. The van der Waals surface area contributed by atoms with E-state index in [-0.39, 0.29) is 46.0 Å². The maximum atomic E-state index is 13.9. The summed E-state index contributed by atoms with van der Waals surface area (Å²) in [6, 6.07) is 3.63. The highest BCUT2D eigenvalue weighted by Crippen LogP contribution is 2.49. The topological polar surface area (TPSA) is 91.3 Å². The fourth-order valence-electron chi connectivity index (χ4n) is 5.27. The predicted octanol–water partition coefficient (Wildman–Crippen LogP) is 5.81. The number of hydrogen-bond acceptors (Lipinski definition) is 5. The fraction of sp³-hybridized carbons (Fsp3) is 0.500. The first-order valence-electron chi connectivity index (χ1n) is 12.5. The van der Waals surface area contributed by atoms with E-state index in [9.17, 15) is 22.8 Å². The molecule has 1 aromatic carbocycles. The maximum Gasteiger partial charge on any atom is 0.417 e. The van der Waals surface area contributed by atoms with E-state index in [1.807, 2.05) is 0 Å². The SMILES string of the molecule is COc1ccc(-c2onc(C(=O)Nc3c(C)n(C)n(C4CCCCC4)c3=O)c2C2CC2)c(C(F)(F)F)c1. The van der Waals surface area contributed by atoms with Crippen LogP contribution in [-0.2, 0) is 13.2 Å². The molecule has 0 spiro atoms. The average Bonchev–Trinajstić information content (AvgIpc) is 3.59. The Kier molecular flexibility index (Phi) is 6.41. The van der Waals surface area contributed by atoms with E-state index >= 15 is 0 Å². The third kappa shape index (κ3) is 4.55. The van der Waals surface area contributed by atoms with Gasteiger partial charge in [-0.3, -0.25) is 14.3 Å². The highest BCUT2D eigenvalue weighted by atomic mass is 19.4. The van der Waals surface area contributed by atoms with Crippen molar-refractivity contribution in [2.75, 3.05) is 12.4 Å². The summed E-state index contributed by atoms with van der Waals surface area (Å²) in [5.74, 6) is -0.871. The third-order valence-corrected chi connectivity index (χ3v) is 7.46. The molecular formula is C26H29F3N4O4. The zero-order valence-corrected chi connectivity index (χ0v) is 20.9. The second kappa shape index (κ2) is 9.42. The molecular weight excluding hydrogens is 489 g/mol. The summed E-state index contributed by atoms with van der Waals surface area (Å²) in [7, 11) is 3.07. The number of aromatic nitrogens is 3. The van der Waals surface area contributed by atoms with Crippen molar-refractivity contribution in [1.82, 2.24) is 14.5 Å². The van der Waals surface area contributed by atoms with E-state index in [1.165, 1.54) is 19.2 Å². The minimum atomic E-state index is -4.68. The summed E-state index contributed by atoms with van der Waals surface area (Å²) in [6.07, 6.45) is 1.74. The van der Waals surface area contributed by atoms with E-state index in [2.05, 4.69) is 10.5 Å². The number of carbonyl (C=O) groups is 1. The maximum absolute atomic E-state index is 13.9. The molecule has 3 aromatic rings. The number of rotatable bonds is 6. The number of halogens is 3. The average molecular weight is 519 g/mol. The lowest BCUT2D eigenvalue weighted by Gasteiger charge is -2.24. The third-order valence-electron chi connectivity index (χ3n) is 7.46. The molecule has 11 heteroatoms. The van der Waals surface area contributed by atoms with Crippen LogP contribution in [-0.4, -0.2) is 27.5 Å². The summed E-state index contributed by atoms with van der Waals surface area (Å²) < 4.78 is 55.5. The highest BCUT2D eigenvalue weighted by molar-refractivity contribution is 6.05. The van der Waals surface area contributed by atoms with Crippen LogP contribution in [0.4, 0.5) is 18.9 Å². The van der Waals surface area contributed by atoms with Gasteiger partial charge in [0.25, 0.3) is 11.5 Å². The van der Waals surface area contributed by atoms with Crippen molar-refractivity contribution in [1.29, 1.82) is 0 Å². The number of anilines is 1. The number of methoxy groups -OCH3 is 1. The Bertz CT molecular complexity index is 1390. The molecule has 198 valence electrons. The number of ether oxygens (including phenoxy) is 1. The Balaban J connectivity index is 1.52. The minimum absolute atomic E-state index is 0.0512. The van der Waals surface area contributed by atoms with E-state index in [0.717, 1.165) is 38.2 Å². The van der Waals surface area contributed by atoms with Crippen LogP contribution < -0.4 is 15.6 Å². The summed E-state index contributed by atoms with van der Waals surface area (Å²) >= 11 is 0. The molecule has 1 N–H and O–H groups in total. The van der Waals surface area contributed by atoms with Crippen molar-refractivity contribution in [3.63, 3.8) is 0 Å². The molecule has 2 heterocycles. The van der Waals surface area contributed by atoms with Gasteiger partial charge in [0.2, 0.25) is 0 Å². The van der Waals surface area contributed by atoms with Crippen LogP contribution in [0, 0.1) is 6.92 Å². The van der Waals surface area contributed by atoms with Crippen molar-refractivity contribution in [2.24, 2.45) is 7.05 Å². The van der Waals surface area contributed by atoms with E-state index in [0.29, 0.717) is 24.1 Å². The van der Waals surface area contributed by atoms with Crippen LogP contribution in [0.2, 0.25) is 0 Å². The molecule has 0 bridgehead atoms. The van der Waals surface area contributed by atoms with Crippen molar-refractivity contribution < 1.29 is 27.2 Å². The molecule has 0 atom stereocenters. The van der Waals surface area contributed by atoms with Gasteiger partial charge in [0, 0.05) is 18.2 Å². The lowest BCUT2D eigenvalue weighted by molar-refractivity contribution is -0.137. The molecule has 2 fully saturated rings. The number of amides is 1. The van der Waals surface area contributed by atoms with Crippen LogP contribution in [0.25, 0.3) is 11.3 Å². The zero-order valence-electron chi connectivity index (χ0n) is 20.9. The minimum Gasteiger partial charge on any atom is -0.497 e. The first kappa shape index (κ1) is 25.2. The Morgan fingerprint density at radius 1 is 1.16 bits per heavy atom. The van der Waals surface area contributed by atoms with Crippen LogP contribution in [0.1, 0.15) is 84.2 Å². The van der Waals surface area contributed by atoms with Gasteiger partial charge in [-0.05, 0) is 56.7 Å². The lowest BCUT2D eigenvalue weighted by atomic mass is 9.96. The van der Waals surface area contributed by atoms with Crippen LogP contribution >= 0.6 is 0 Å². The second-order valence-electron chi connectivity index (χ2n) is 9.84. The summed E-state index contributed by atoms with van der Waals surface area (Å²) in [5.41, 5.74) is -0.488. The van der Waals surface area contributed by atoms with Gasteiger partial charge in [-0.1, -0.05) is 24.4 Å². The lowest BCUT2D eigenvalue weighted by Crippen LogP contribution is -2.29. The molecule has 5 rings (SSSR count). The first-order chi connectivity index (χ1) is 17.6. The molecule has 8 nitrogen and oxygen atoms in total. The van der Waals surface area contributed by atoms with Gasteiger partial charge >= 0.3 is 6.18 Å². The second-order valence-corrected chi connectivity index (χ2v) is 9.84. The standard InChI is InChI=1S/C26H29F3N4O4/c1-14-21(25(35)33(32(14)2)16-7-5-4-6-8-16)30-24(34)22-20(15-9-10-15)23(37-31-22)18-12-11-17(36-3)13-19(18)26(27,28)29/h11-13,15-16H,4-10H2,1-3H3,(H,30,34). The molecule has 1 amide bonds. The van der Waals surface area contributed by atoms with Gasteiger partial charge in [-0.25, -0.2) is 4.68 Å². The fourth-order valence-corrected chi connectivity index (χ4v) is 5.27. The molecule has 37 heavy (non-hydrogen) atoms. The molecule has 2 aliphatic carbocycles. The summed E-state index contributed by atoms with van der Waals surface area (Å²) in [6.45, 7) is 1.75. The number of carbonyl (C=O) groups excluding carboxylic acids is 1. The number of nitrogens with one attached hydrogen (secondary N) is 1. The molecule has 0 unspecified atom stereocenters. The molecule has 0 saturated heterocycles. The predicted molar refractivity (Wildman–Crippen MR) is 130 cm³/mol. The van der Waals surface area contributed by atoms with Gasteiger partial charge in [0.15, 0.2) is 11.5 Å². The molecule has 0 aliphatic heterocycles. The Morgan fingerprint density at radius 2 is 1.86 bits per heavy atom. The van der Waals surface area contributed by atoms with Crippen LogP contribution in [0.5, 0.6) is 5.75 Å². The van der Waals surface area contributed by atoms with Crippen molar-refractivity contribution in [3.8, 4) is 17.1 Å². The quantitative estimate of drug-likeness (QED) is 0.445. The van der Waals surface area contributed by atoms with Gasteiger partial charge in [-0.2, -0.15) is 13.2 Å². The Hall–Kier alpha value is -3.50. The van der Waals surface area contributed by atoms with E-state index in [4.69, 9.17) is 9.26 Å².